The van der Waals surface area contributed by atoms with E-state index in [1.807, 2.05) is 6.07 Å². The minimum Gasteiger partial charge on any atom is -0.508 e. The van der Waals surface area contributed by atoms with E-state index in [0.717, 1.165) is 6.07 Å². The van der Waals surface area contributed by atoms with Crippen LogP contribution < -0.4 is 15.9 Å². The van der Waals surface area contributed by atoms with Crippen molar-refractivity contribution < 1.29 is 19.4 Å². The van der Waals surface area contributed by atoms with Crippen LogP contribution in [0, 0.1) is 11.3 Å². The van der Waals surface area contributed by atoms with Gasteiger partial charge in [-0.05, 0) is 17.7 Å². The molecule has 1 atom stereocenters. The summed E-state index contributed by atoms with van der Waals surface area (Å²) in [4.78, 5) is 12.1. The lowest BCUT2D eigenvalue weighted by Gasteiger charge is -2.24. The molecule has 3 rings (SSSR count). The van der Waals surface area contributed by atoms with Crippen molar-refractivity contribution in [1.82, 2.24) is 0 Å². The molecule has 2 heterocycles. The van der Waals surface area contributed by atoms with Gasteiger partial charge in [0.1, 0.15) is 29.8 Å². The molecule has 7 nitrogen and oxygen atoms in total. The highest BCUT2D eigenvalue weighted by atomic mass is 16.5. The van der Waals surface area contributed by atoms with Gasteiger partial charge in [0.25, 0.3) is 0 Å². The molecule has 23 heavy (non-hydrogen) atoms. The van der Waals surface area contributed by atoms with Crippen LogP contribution in [-0.2, 0) is 6.61 Å². The highest BCUT2D eigenvalue weighted by molar-refractivity contribution is 5.52. The number of aliphatic hydroxyl groups is 1. The van der Waals surface area contributed by atoms with E-state index in [-0.39, 0.29) is 34.5 Å². The first kappa shape index (κ1) is 14.7. The Kier molecular flexibility index (Phi) is 3.52. The number of aromatic hydroxyl groups is 1. The highest BCUT2D eigenvalue weighted by Crippen LogP contribution is 2.41. The molecule has 0 radical (unpaired) electrons. The van der Waals surface area contributed by atoms with Gasteiger partial charge in [0, 0.05) is 6.07 Å². The molecule has 1 unspecified atom stereocenters. The molecule has 0 aliphatic carbocycles. The molecule has 0 fully saturated rings. The van der Waals surface area contributed by atoms with Crippen molar-refractivity contribution in [3.63, 3.8) is 0 Å². The molecule has 0 bridgehead atoms. The van der Waals surface area contributed by atoms with Gasteiger partial charge >= 0.3 is 0 Å². The molecule has 0 spiro atoms. The van der Waals surface area contributed by atoms with Gasteiger partial charge in [0.05, 0.1) is 5.92 Å². The van der Waals surface area contributed by atoms with E-state index < -0.39 is 18.0 Å². The fourth-order valence-electron chi connectivity index (χ4n) is 2.50. The topological polar surface area (TPSA) is 130 Å². The molecule has 7 heteroatoms. The van der Waals surface area contributed by atoms with Crippen LogP contribution in [0.15, 0.2) is 51.0 Å². The summed E-state index contributed by atoms with van der Waals surface area (Å²) < 4.78 is 10.8. The van der Waals surface area contributed by atoms with Crippen LogP contribution in [0.2, 0.25) is 0 Å². The average Bonchev–Trinajstić information content (AvgIpc) is 2.54. The SMILES string of the molecule is N#CC1=C(N)Oc2c(oc(CO)cc2=O)C1c1cccc(O)c1. The molecule has 4 N–H and O–H groups in total. The van der Waals surface area contributed by atoms with Crippen LogP contribution in [0.5, 0.6) is 11.5 Å². The molecule has 0 amide bonds. The second-order valence-corrected chi connectivity index (χ2v) is 4.95. The van der Waals surface area contributed by atoms with Gasteiger partial charge in [-0.1, -0.05) is 12.1 Å². The summed E-state index contributed by atoms with van der Waals surface area (Å²) in [5.41, 5.74) is 5.80. The predicted octanol–water partition coefficient (Wildman–Crippen LogP) is 1.06. The third-order valence-electron chi connectivity index (χ3n) is 3.49. The van der Waals surface area contributed by atoms with Gasteiger partial charge in [-0.2, -0.15) is 5.26 Å². The monoisotopic (exact) mass is 312 g/mol. The quantitative estimate of drug-likeness (QED) is 0.755. The number of aliphatic hydroxyl groups excluding tert-OH is 1. The minimum absolute atomic E-state index is 0.00735. The van der Waals surface area contributed by atoms with E-state index in [0.29, 0.717) is 5.56 Å². The summed E-state index contributed by atoms with van der Waals surface area (Å²) in [5, 5.41) is 28.3. The van der Waals surface area contributed by atoms with E-state index in [4.69, 9.17) is 14.9 Å². The fourth-order valence-corrected chi connectivity index (χ4v) is 2.50. The smallest absolute Gasteiger partial charge is 0.228 e. The Hall–Kier alpha value is -3.24. The Morgan fingerprint density at radius 2 is 2.13 bits per heavy atom. The van der Waals surface area contributed by atoms with Crippen molar-refractivity contribution in [2.24, 2.45) is 5.73 Å². The number of nitrogens with zero attached hydrogens (tertiary/aromatic N) is 1. The number of nitriles is 1. The van der Waals surface area contributed by atoms with Gasteiger partial charge in [-0.3, -0.25) is 4.79 Å². The van der Waals surface area contributed by atoms with Crippen molar-refractivity contribution in [3.8, 4) is 17.6 Å². The summed E-state index contributed by atoms with van der Waals surface area (Å²) in [6.45, 7) is -0.476. The average molecular weight is 312 g/mol. The van der Waals surface area contributed by atoms with Gasteiger partial charge in [0.2, 0.25) is 17.1 Å². The summed E-state index contributed by atoms with van der Waals surface area (Å²) in [7, 11) is 0. The zero-order valence-corrected chi connectivity index (χ0v) is 11.8. The first-order valence-electron chi connectivity index (χ1n) is 6.69. The summed E-state index contributed by atoms with van der Waals surface area (Å²) in [5.74, 6) is -1.04. The van der Waals surface area contributed by atoms with Crippen LogP contribution in [0.1, 0.15) is 23.0 Å². The van der Waals surface area contributed by atoms with E-state index in [1.165, 1.54) is 12.1 Å². The second-order valence-electron chi connectivity index (χ2n) is 4.95. The van der Waals surface area contributed by atoms with Crippen molar-refractivity contribution in [2.45, 2.75) is 12.5 Å². The Balaban J connectivity index is 2.31. The minimum atomic E-state index is -0.810. The lowest BCUT2D eigenvalue weighted by atomic mass is 9.87. The molecule has 2 aromatic rings. The number of benzene rings is 1. The van der Waals surface area contributed by atoms with Gasteiger partial charge < -0.3 is 25.1 Å². The van der Waals surface area contributed by atoms with Crippen LogP contribution in [0.3, 0.4) is 0 Å². The molecule has 1 aliphatic rings. The van der Waals surface area contributed by atoms with Crippen LogP contribution in [0.4, 0.5) is 0 Å². The predicted molar refractivity (Wildman–Crippen MR) is 78.3 cm³/mol. The number of phenols is 1. The molecule has 1 aromatic heterocycles. The molecule has 1 aromatic carbocycles. The van der Waals surface area contributed by atoms with E-state index in [1.54, 1.807) is 12.1 Å². The zero-order valence-electron chi connectivity index (χ0n) is 11.8. The van der Waals surface area contributed by atoms with E-state index in [2.05, 4.69) is 0 Å². The van der Waals surface area contributed by atoms with Crippen LogP contribution in [0.25, 0.3) is 0 Å². The number of ether oxygens (including phenoxy) is 1. The number of hydrogen-bond donors (Lipinski definition) is 3. The van der Waals surface area contributed by atoms with Gasteiger partial charge in [-0.25, -0.2) is 0 Å². The molecular formula is C16H12N2O5. The van der Waals surface area contributed by atoms with Gasteiger partial charge in [0.15, 0.2) is 5.76 Å². The van der Waals surface area contributed by atoms with Crippen molar-refractivity contribution >= 4 is 0 Å². The number of nitrogens with two attached hydrogens (primary N) is 1. The first-order valence-corrected chi connectivity index (χ1v) is 6.69. The highest BCUT2D eigenvalue weighted by Gasteiger charge is 2.35. The Labute approximate surface area is 130 Å². The maximum Gasteiger partial charge on any atom is 0.228 e. The summed E-state index contributed by atoms with van der Waals surface area (Å²) in [6, 6.07) is 9.22. The fraction of sp³-hybridized carbons (Fsp3) is 0.125. The third kappa shape index (κ3) is 2.41. The number of phenolic OH excluding ortho intramolecular Hbond substituents is 1. The number of allylic oxidation sites excluding steroid dienone is 1. The Morgan fingerprint density at radius 3 is 2.78 bits per heavy atom. The van der Waals surface area contributed by atoms with Crippen molar-refractivity contribution in [1.29, 1.82) is 5.26 Å². The lowest BCUT2D eigenvalue weighted by molar-refractivity contribution is 0.231. The molecule has 0 saturated heterocycles. The Morgan fingerprint density at radius 1 is 1.35 bits per heavy atom. The van der Waals surface area contributed by atoms with Crippen LogP contribution >= 0.6 is 0 Å². The largest absolute Gasteiger partial charge is 0.508 e. The summed E-state index contributed by atoms with van der Waals surface area (Å²) >= 11 is 0. The zero-order chi connectivity index (χ0) is 16.6. The molecule has 116 valence electrons. The normalized spacial score (nSPS) is 16.4. The standard InChI is InChI=1S/C16H12N2O5/c17-6-11-13(8-2-1-3-9(20)4-8)15-14(23-16(11)18)12(21)5-10(7-19)22-15/h1-5,13,19-20H,7,18H2. The number of rotatable bonds is 2. The third-order valence-corrected chi connectivity index (χ3v) is 3.49. The first-order chi connectivity index (χ1) is 11.0. The molecule has 0 saturated carbocycles. The van der Waals surface area contributed by atoms with Crippen molar-refractivity contribution in [2.75, 3.05) is 0 Å². The van der Waals surface area contributed by atoms with Crippen molar-refractivity contribution in [3.05, 3.63) is 69.1 Å². The summed E-state index contributed by atoms with van der Waals surface area (Å²) in [6.07, 6.45) is 0. The maximum absolute atomic E-state index is 12.1. The second kappa shape index (κ2) is 5.51. The van der Waals surface area contributed by atoms with E-state index in [9.17, 15) is 20.3 Å². The number of fused-ring (bicyclic) bond motifs is 1. The lowest BCUT2D eigenvalue weighted by Crippen LogP contribution is -2.25. The Bertz CT molecular complexity index is 907. The molecular weight excluding hydrogens is 300 g/mol. The number of hydrogen-bond acceptors (Lipinski definition) is 7. The van der Waals surface area contributed by atoms with Crippen LogP contribution in [-0.4, -0.2) is 10.2 Å². The molecule has 1 aliphatic heterocycles. The van der Waals surface area contributed by atoms with Gasteiger partial charge in [-0.15, -0.1) is 0 Å². The maximum atomic E-state index is 12.1. The van der Waals surface area contributed by atoms with E-state index >= 15 is 0 Å².